The van der Waals surface area contributed by atoms with Crippen LogP contribution in [0.5, 0.6) is 0 Å². The molecular formula is C19H11F4N3O3. The monoisotopic (exact) mass is 405 g/mol. The highest BCUT2D eigenvalue weighted by Gasteiger charge is 2.30. The van der Waals surface area contributed by atoms with E-state index in [0.717, 1.165) is 30.5 Å². The number of aromatic nitrogens is 1. The van der Waals surface area contributed by atoms with Crippen molar-refractivity contribution in [3.05, 3.63) is 87.9 Å². The second-order valence-corrected chi connectivity index (χ2v) is 5.88. The quantitative estimate of drug-likeness (QED) is 0.373. The summed E-state index contributed by atoms with van der Waals surface area (Å²) in [6.07, 6.45) is -3.48. The highest BCUT2D eigenvalue weighted by Crippen LogP contribution is 2.31. The minimum absolute atomic E-state index is 0.0703. The molecule has 0 aliphatic heterocycles. The Hall–Kier alpha value is -3.82. The number of carbonyl (C=O) groups excluding carboxylic acids is 1. The molecule has 1 N–H and O–H groups in total. The molecule has 0 unspecified atom stereocenters. The van der Waals surface area contributed by atoms with Gasteiger partial charge in [-0.05, 0) is 36.4 Å². The average Bonchev–Trinajstić information content (AvgIpc) is 2.68. The number of anilines is 1. The van der Waals surface area contributed by atoms with Crippen molar-refractivity contribution in [2.75, 3.05) is 5.32 Å². The molecule has 0 spiro atoms. The van der Waals surface area contributed by atoms with Gasteiger partial charge in [-0.25, -0.2) is 4.39 Å². The fourth-order valence-corrected chi connectivity index (χ4v) is 2.51. The van der Waals surface area contributed by atoms with Crippen molar-refractivity contribution >= 4 is 17.3 Å². The van der Waals surface area contributed by atoms with E-state index < -0.39 is 34.1 Å². The summed E-state index contributed by atoms with van der Waals surface area (Å²) in [5.41, 5.74) is -1.14. The summed E-state index contributed by atoms with van der Waals surface area (Å²) in [6, 6.07) is 9.91. The lowest BCUT2D eigenvalue weighted by molar-refractivity contribution is -0.384. The summed E-state index contributed by atoms with van der Waals surface area (Å²) in [6.45, 7) is 0. The number of nitrogens with zero attached hydrogens (tertiary/aromatic N) is 2. The molecule has 1 amide bonds. The number of carbonyl (C=O) groups is 1. The maximum atomic E-state index is 13.2. The number of benzene rings is 2. The van der Waals surface area contributed by atoms with Crippen LogP contribution >= 0.6 is 0 Å². The second kappa shape index (κ2) is 7.66. The normalized spacial score (nSPS) is 11.2. The molecule has 0 atom stereocenters. The van der Waals surface area contributed by atoms with Crippen molar-refractivity contribution in [2.45, 2.75) is 6.18 Å². The summed E-state index contributed by atoms with van der Waals surface area (Å²) in [5, 5.41) is 13.3. The van der Waals surface area contributed by atoms with Gasteiger partial charge >= 0.3 is 6.18 Å². The Morgan fingerprint density at radius 2 is 1.72 bits per heavy atom. The Morgan fingerprint density at radius 1 is 1.03 bits per heavy atom. The molecule has 3 aromatic rings. The van der Waals surface area contributed by atoms with Gasteiger partial charge in [0.2, 0.25) is 0 Å². The topological polar surface area (TPSA) is 85.1 Å². The van der Waals surface area contributed by atoms with Crippen LogP contribution in [0.2, 0.25) is 0 Å². The number of nitrogens with one attached hydrogen (secondary N) is 1. The Morgan fingerprint density at radius 3 is 2.34 bits per heavy atom. The van der Waals surface area contributed by atoms with E-state index in [-0.39, 0.29) is 16.9 Å². The highest BCUT2D eigenvalue weighted by atomic mass is 19.4. The standard InChI is InChI=1S/C19H11F4N3O3/c20-14-5-6-15(17(10-14)26(28)29)25-18(27)12-3-1-11(2-4-12)16-9-13(7-8-24-16)19(21,22)23/h1-10H,(H,25,27). The second-order valence-electron chi connectivity index (χ2n) is 5.88. The molecule has 10 heteroatoms. The summed E-state index contributed by atoms with van der Waals surface area (Å²) in [5.74, 6) is -1.53. The van der Waals surface area contributed by atoms with Crippen LogP contribution in [0.25, 0.3) is 11.3 Å². The Labute approximate surface area is 161 Å². The molecule has 29 heavy (non-hydrogen) atoms. The van der Waals surface area contributed by atoms with Crippen LogP contribution in [0.3, 0.4) is 0 Å². The molecule has 6 nitrogen and oxygen atoms in total. The number of nitro benzene ring substituents is 1. The van der Waals surface area contributed by atoms with E-state index in [0.29, 0.717) is 11.6 Å². The Balaban J connectivity index is 1.83. The minimum Gasteiger partial charge on any atom is -0.316 e. The fourth-order valence-electron chi connectivity index (χ4n) is 2.51. The number of pyridine rings is 1. The van der Waals surface area contributed by atoms with Crippen molar-refractivity contribution in [3.8, 4) is 11.3 Å². The van der Waals surface area contributed by atoms with Gasteiger partial charge in [-0.3, -0.25) is 19.9 Å². The highest BCUT2D eigenvalue weighted by molar-refractivity contribution is 6.05. The van der Waals surface area contributed by atoms with E-state index >= 15 is 0 Å². The van der Waals surface area contributed by atoms with E-state index in [1.807, 2.05) is 0 Å². The van der Waals surface area contributed by atoms with Crippen LogP contribution in [0.1, 0.15) is 15.9 Å². The predicted octanol–water partition coefficient (Wildman–Crippen LogP) is 5.07. The lowest BCUT2D eigenvalue weighted by atomic mass is 10.1. The molecule has 0 saturated carbocycles. The Bertz CT molecular complexity index is 1080. The third kappa shape index (κ3) is 4.54. The van der Waals surface area contributed by atoms with Crippen LogP contribution in [0.15, 0.2) is 60.8 Å². The summed E-state index contributed by atoms with van der Waals surface area (Å²) < 4.78 is 51.7. The summed E-state index contributed by atoms with van der Waals surface area (Å²) in [7, 11) is 0. The lowest BCUT2D eigenvalue weighted by Crippen LogP contribution is -2.13. The zero-order valence-electron chi connectivity index (χ0n) is 14.4. The average molecular weight is 405 g/mol. The molecule has 0 aliphatic carbocycles. The van der Waals surface area contributed by atoms with Gasteiger partial charge in [0.05, 0.1) is 22.2 Å². The van der Waals surface area contributed by atoms with Crippen LogP contribution < -0.4 is 5.32 Å². The van der Waals surface area contributed by atoms with E-state index in [1.165, 1.54) is 24.3 Å². The lowest BCUT2D eigenvalue weighted by Gasteiger charge is -2.09. The summed E-state index contributed by atoms with van der Waals surface area (Å²) >= 11 is 0. The molecule has 0 bridgehead atoms. The van der Waals surface area contributed by atoms with Gasteiger partial charge in [0.15, 0.2) is 0 Å². The zero-order chi connectivity index (χ0) is 21.2. The third-order valence-electron chi connectivity index (χ3n) is 3.93. The molecule has 148 valence electrons. The first-order valence-corrected chi connectivity index (χ1v) is 8.04. The van der Waals surface area contributed by atoms with E-state index in [2.05, 4.69) is 10.3 Å². The van der Waals surface area contributed by atoms with Crippen LogP contribution in [0, 0.1) is 15.9 Å². The maximum Gasteiger partial charge on any atom is 0.416 e. The number of hydrogen-bond donors (Lipinski definition) is 1. The number of rotatable bonds is 4. The number of halogens is 4. The fraction of sp³-hybridized carbons (Fsp3) is 0.0526. The maximum absolute atomic E-state index is 13.2. The first kappa shape index (κ1) is 19.9. The molecule has 3 rings (SSSR count). The number of nitro groups is 1. The molecule has 1 aromatic heterocycles. The van der Waals surface area contributed by atoms with Gasteiger partial charge in [0.1, 0.15) is 11.5 Å². The van der Waals surface area contributed by atoms with Crippen molar-refractivity contribution in [1.82, 2.24) is 4.98 Å². The molecule has 0 saturated heterocycles. The number of alkyl halides is 3. The largest absolute Gasteiger partial charge is 0.416 e. The van der Waals surface area contributed by atoms with E-state index in [1.54, 1.807) is 0 Å². The third-order valence-corrected chi connectivity index (χ3v) is 3.93. The van der Waals surface area contributed by atoms with Gasteiger partial charge in [-0.1, -0.05) is 12.1 Å². The van der Waals surface area contributed by atoms with Gasteiger partial charge in [-0.15, -0.1) is 0 Å². The molecule has 1 heterocycles. The molecule has 0 fully saturated rings. The van der Waals surface area contributed by atoms with Crippen LogP contribution in [-0.2, 0) is 6.18 Å². The van der Waals surface area contributed by atoms with Crippen molar-refractivity contribution in [1.29, 1.82) is 0 Å². The summed E-state index contributed by atoms with van der Waals surface area (Å²) in [4.78, 5) is 26.4. The number of amides is 1. The molecule has 0 radical (unpaired) electrons. The number of hydrogen-bond acceptors (Lipinski definition) is 4. The first-order chi connectivity index (χ1) is 13.6. The van der Waals surface area contributed by atoms with Crippen LogP contribution in [0.4, 0.5) is 28.9 Å². The van der Waals surface area contributed by atoms with E-state index in [4.69, 9.17) is 0 Å². The molecular weight excluding hydrogens is 394 g/mol. The van der Waals surface area contributed by atoms with Crippen molar-refractivity contribution in [3.63, 3.8) is 0 Å². The molecule has 2 aromatic carbocycles. The predicted molar refractivity (Wildman–Crippen MR) is 95.7 cm³/mol. The van der Waals surface area contributed by atoms with E-state index in [9.17, 15) is 32.5 Å². The first-order valence-electron chi connectivity index (χ1n) is 8.04. The van der Waals surface area contributed by atoms with Gasteiger partial charge in [0.25, 0.3) is 11.6 Å². The van der Waals surface area contributed by atoms with Crippen molar-refractivity contribution in [2.24, 2.45) is 0 Å². The zero-order valence-corrected chi connectivity index (χ0v) is 14.4. The van der Waals surface area contributed by atoms with Gasteiger partial charge in [-0.2, -0.15) is 13.2 Å². The smallest absolute Gasteiger partial charge is 0.316 e. The van der Waals surface area contributed by atoms with Crippen LogP contribution in [-0.4, -0.2) is 15.8 Å². The van der Waals surface area contributed by atoms with Crippen molar-refractivity contribution < 1.29 is 27.3 Å². The Kier molecular flexibility index (Phi) is 5.26. The SMILES string of the molecule is O=C(Nc1ccc(F)cc1[N+](=O)[O-])c1ccc(-c2cc(C(F)(F)F)ccn2)cc1. The molecule has 0 aliphatic rings. The minimum atomic E-state index is -4.51. The van der Waals surface area contributed by atoms with Gasteiger partial charge < -0.3 is 5.32 Å². The van der Waals surface area contributed by atoms with Gasteiger partial charge in [0, 0.05) is 17.3 Å².